The van der Waals surface area contributed by atoms with Crippen LogP contribution in [0.4, 0.5) is 0 Å². The number of ketones is 1. The molecule has 1 aliphatic heterocycles. The van der Waals surface area contributed by atoms with E-state index >= 15 is 0 Å². The van der Waals surface area contributed by atoms with Crippen molar-refractivity contribution in [3.8, 4) is 17.2 Å². The maximum atomic E-state index is 13.3. The second-order valence-corrected chi connectivity index (χ2v) is 9.35. The van der Waals surface area contributed by atoms with Gasteiger partial charge in [0, 0.05) is 12.1 Å². The summed E-state index contributed by atoms with van der Waals surface area (Å²) in [6.07, 6.45) is 3.78. The van der Waals surface area contributed by atoms with Crippen molar-refractivity contribution in [1.29, 1.82) is 0 Å². The lowest BCUT2D eigenvalue weighted by atomic mass is 9.95. The molecule has 3 rings (SSSR count). The van der Waals surface area contributed by atoms with Crippen LogP contribution in [0, 0.1) is 0 Å². The molecule has 1 amide bonds. The Balaban J connectivity index is 2.06. The number of methoxy groups -OCH3 is 2. The summed E-state index contributed by atoms with van der Waals surface area (Å²) < 4.78 is 16.8. The second kappa shape index (κ2) is 13.1. The van der Waals surface area contributed by atoms with Gasteiger partial charge in [-0.25, -0.2) is 0 Å². The first-order chi connectivity index (χ1) is 17.8. The number of hydrogen-bond acceptors (Lipinski definition) is 7. The Kier molecular flexibility index (Phi) is 9.97. The smallest absolute Gasteiger partial charge is 0.295 e. The van der Waals surface area contributed by atoms with E-state index < -0.39 is 17.7 Å². The second-order valence-electron chi connectivity index (χ2n) is 9.35. The number of unbranched alkanes of at least 4 members (excludes halogenated alkanes) is 2. The number of aliphatic hydroxyl groups excluding tert-OH is 1. The number of likely N-dealkylation sites (tertiary alicyclic amines) is 1. The van der Waals surface area contributed by atoms with Gasteiger partial charge in [-0.1, -0.05) is 38.0 Å². The van der Waals surface area contributed by atoms with Crippen LogP contribution < -0.4 is 14.2 Å². The monoisotopic (exact) mass is 510 g/mol. The third kappa shape index (κ3) is 6.63. The highest BCUT2D eigenvalue weighted by molar-refractivity contribution is 6.46. The molecule has 0 bridgehead atoms. The Labute approximate surface area is 219 Å². The van der Waals surface area contributed by atoms with Gasteiger partial charge >= 0.3 is 0 Å². The van der Waals surface area contributed by atoms with Crippen LogP contribution in [0.15, 0.2) is 48.0 Å². The van der Waals surface area contributed by atoms with E-state index in [1.54, 1.807) is 43.5 Å². The van der Waals surface area contributed by atoms with Crippen LogP contribution in [0.1, 0.15) is 49.8 Å². The van der Waals surface area contributed by atoms with Gasteiger partial charge in [0.15, 0.2) is 11.5 Å². The van der Waals surface area contributed by atoms with Gasteiger partial charge in [0.05, 0.1) is 32.4 Å². The van der Waals surface area contributed by atoms with E-state index in [1.807, 2.05) is 25.1 Å². The van der Waals surface area contributed by atoms with Gasteiger partial charge < -0.3 is 29.1 Å². The molecule has 0 aromatic heterocycles. The van der Waals surface area contributed by atoms with E-state index in [4.69, 9.17) is 14.2 Å². The topological polar surface area (TPSA) is 88.5 Å². The molecule has 8 nitrogen and oxygen atoms in total. The average Bonchev–Trinajstić information content (AvgIpc) is 3.15. The highest BCUT2D eigenvalue weighted by atomic mass is 16.5. The lowest BCUT2D eigenvalue weighted by Crippen LogP contribution is -2.32. The van der Waals surface area contributed by atoms with Crippen molar-refractivity contribution < 1.29 is 28.9 Å². The molecule has 1 fully saturated rings. The maximum absolute atomic E-state index is 13.3. The number of rotatable bonds is 13. The normalized spacial score (nSPS) is 16.9. The molecule has 1 N–H and O–H groups in total. The number of hydrogen-bond donors (Lipinski definition) is 1. The van der Waals surface area contributed by atoms with Gasteiger partial charge in [-0.05, 0) is 63.3 Å². The van der Waals surface area contributed by atoms with Crippen molar-refractivity contribution in [1.82, 2.24) is 9.80 Å². The third-order valence-corrected chi connectivity index (χ3v) is 6.40. The fourth-order valence-corrected chi connectivity index (χ4v) is 4.45. The van der Waals surface area contributed by atoms with Gasteiger partial charge in [0.1, 0.15) is 11.5 Å². The molecule has 1 unspecified atom stereocenters. The number of carbonyl (C=O) groups is 2. The fraction of sp³-hybridized carbons (Fsp3) is 0.448. The summed E-state index contributed by atoms with van der Waals surface area (Å²) in [6.45, 7) is 3.82. The van der Waals surface area contributed by atoms with Crippen LogP contribution >= 0.6 is 0 Å². The van der Waals surface area contributed by atoms with Gasteiger partial charge in [-0.2, -0.15) is 0 Å². The number of benzene rings is 2. The van der Waals surface area contributed by atoms with Crippen molar-refractivity contribution in [2.24, 2.45) is 0 Å². The Morgan fingerprint density at radius 2 is 1.78 bits per heavy atom. The number of ether oxygens (including phenoxy) is 3. The average molecular weight is 511 g/mol. The molecule has 2 aromatic carbocycles. The summed E-state index contributed by atoms with van der Waals surface area (Å²) in [5.41, 5.74) is 1.10. The quantitative estimate of drug-likeness (QED) is 0.182. The Bertz CT molecular complexity index is 1130. The molecule has 200 valence electrons. The van der Waals surface area contributed by atoms with Crippen LogP contribution in [0.5, 0.6) is 17.2 Å². The van der Waals surface area contributed by atoms with Crippen molar-refractivity contribution in [3.63, 3.8) is 0 Å². The van der Waals surface area contributed by atoms with Crippen molar-refractivity contribution >= 4 is 17.4 Å². The molecule has 1 aliphatic rings. The summed E-state index contributed by atoms with van der Waals surface area (Å²) in [6, 6.07) is 11.4. The minimum atomic E-state index is -0.767. The first-order valence-electron chi connectivity index (χ1n) is 12.7. The Morgan fingerprint density at radius 3 is 2.46 bits per heavy atom. The van der Waals surface area contributed by atoms with E-state index in [9.17, 15) is 14.7 Å². The predicted molar refractivity (Wildman–Crippen MR) is 143 cm³/mol. The minimum Gasteiger partial charge on any atom is -0.507 e. The highest BCUT2D eigenvalue weighted by Gasteiger charge is 2.46. The molecule has 0 saturated carbocycles. The summed E-state index contributed by atoms with van der Waals surface area (Å²) in [7, 11) is 7.00. The molecule has 8 heteroatoms. The largest absolute Gasteiger partial charge is 0.507 e. The zero-order valence-electron chi connectivity index (χ0n) is 22.5. The number of amides is 1. The summed E-state index contributed by atoms with van der Waals surface area (Å²) >= 11 is 0. The van der Waals surface area contributed by atoms with Crippen molar-refractivity contribution in [2.75, 3.05) is 48.0 Å². The van der Waals surface area contributed by atoms with Crippen LogP contribution in [-0.2, 0) is 9.59 Å². The fourth-order valence-electron chi connectivity index (χ4n) is 4.45. The molecule has 2 aromatic rings. The first kappa shape index (κ1) is 28.1. The van der Waals surface area contributed by atoms with Gasteiger partial charge in [-0.3, -0.25) is 9.59 Å². The number of aliphatic hydroxyl groups is 1. The van der Waals surface area contributed by atoms with Crippen LogP contribution in [0.2, 0.25) is 0 Å². The number of carbonyl (C=O) groups excluding carboxylic acids is 2. The van der Waals surface area contributed by atoms with Gasteiger partial charge in [0.25, 0.3) is 11.7 Å². The SMILES string of the molecule is CCCCCOc1ccc(C2C(=C(O)c3cccc(OC)c3)C(=O)C(=O)N2CCCN(C)C)cc1OC. The van der Waals surface area contributed by atoms with E-state index in [-0.39, 0.29) is 11.3 Å². The number of Topliss-reactive ketones (excluding diaryl/α,β-unsaturated/α-hetero) is 1. The molecule has 0 aliphatic carbocycles. The zero-order chi connectivity index (χ0) is 26.9. The summed E-state index contributed by atoms with van der Waals surface area (Å²) in [5.74, 6) is 0.0540. The van der Waals surface area contributed by atoms with Crippen molar-refractivity contribution in [3.05, 3.63) is 59.2 Å². The maximum Gasteiger partial charge on any atom is 0.295 e. The molecule has 0 radical (unpaired) electrons. The molecule has 1 saturated heterocycles. The van der Waals surface area contributed by atoms with Gasteiger partial charge in [-0.15, -0.1) is 0 Å². The molecular weight excluding hydrogens is 472 g/mol. The van der Waals surface area contributed by atoms with Crippen molar-refractivity contribution in [2.45, 2.75) is 38.6 Å². The first-order valence-corrected chi connectivity index (χ1v) is 12.7. The summed E-state index contributed by atoms with van der Waals surface area (Å²) in [4.78, 5) is 30.0. The van der Waals surface area contributed by atoms with Crippen LogP contribution in [0.25, 0.3) is 5.76 Å². The molecule has 1 heterocycles. The predicted octanol–water partition coefficient (Wildman–Crippen LogP) is 4.65. The lowest BCUT2D eigenvalue weighted by molar-refractivity contribution is -0.139. The molecular formula is C29H38N2O6. The third-order valence-electron chi connectivity index (χ3n) is 6.40. The Hall–Kier alpha value is -3.52. The zero-order valence-corrected chi connectivity index (χ0v) is 22.5. The molecule has 37 heavy (non-hydrogen) atoms. The summed E-state index contributed by atoms with van der Waals surface area (Å²) in [5, 5.41) is 11.3. The standard InChI is InChI=1S/C29H38N2O6/c1-6-7-8-17-37-23-14-13-20(19-24(23)36-5)26-25(27(32)21-11-9-12-22(18-21)35-4)28(33)29(34)31(26)16-10-15-30(2)3/h9,11-14,18-19,26,32H,6-8,10,15-17H2,1-5H3. The lowest BCUT2D eigenvalue weighted by Gasteiger charge is -2.26. The van der Waals surface area contributed by atoms with E-state index in [0.717, 1.165) is 25.8 Å². The Morgan fingerprint density at radius 1 is 1.00 bits per heavy atom. The molecule has 0 spiro atoms. The van der Waals surface area contributed by atoms with Crippen LogP contribution in [0.3, 0.4) is 0 Å². The van der Waals surface area contributed by atoms with E-state index in [1.165, 1.54) is 12.0 Å². The highest BCUT2D eigenvalue weighted by Crippen LogP contribution is 2.42. The molecule has 1 atom stereocenters. The van der Waals surface area contributed by atoms with Crippen LogP contribution in [-0.4, -0.2) is 74.6 Å². The number of nitrogens with zero attached hydrogens (tertiary/aromatic N) is 2. The minimum absolute atomic E-state index is 0.0433. The van der Waals surface area contributed by atoms with E-state index in [2.05, 4.69) is 6.92 Å². The van der Waals surface area contributed by atoms with Gasteiger partial charge in [0.2, 0.25) is 0 Å². The van der Waals surface area contributed by atoms with E-state index in [0.29, 0.717) is 47.9 Å².